The van der Waals surface area contributed by atoms with Crippen LogP contribution < -0.4 is 5.32 Å². The van der Waals surface area contributed by atoms with E-state index in [1.54, 1.807) is 0 Å². The second kappa shape index (κ2) is 8.15. The molecule has 0 amide bonds. The number of hydrogen-bond donors (Lipinski definition) is 1. The smallest absolute Gasteiger partial charge is 0.0116 e. The average Bonchev–Trinajstić information content (AvgIpc) is 2.14. The summed E-state index contributed by atoms with van der Waals surface area (Å²) in [5.74, 6) is 2.39. The van der Waals surface area contributed by atoms with Gasteiger partial charge in [-0.1, -0.05) is 48.0 Å². The highest BCUT2D eigenvalue weighted by Crippen LogP contribution is 2.20. The van der Waals surface area contributed by atoms with Crippen LogP contribution in [0.1, 0.15) is 60.8 Å². The molecule has 0 aliphatic heterocycles. The zero-order valence-corrected chi connectivity index (χ0v) is 11.6. The third kappa shape index (κ3) is 6.94. The predicted octanol–water partition coefficient (Wildman–Crippen LogP) is 4.08. The first kappa shape index (κ1) is 15.0. The van der Waals surface area contributed by atoms with Crippen molar-refractivity contribution in [1.29, 1.82) is 0 Å². The van der Waals surface area contributed by atoms with E-state index in [2.05, 4.69) is 46.9 Å². The third-order valence-corrected chi connectivity index (χ3v) is 3.16. The van der Waals surface area contributed by atoms with E-state index in [1.807, 2.05) is 0 Å². The monoisotopic (exact) mass is 213 g/mol. The minimum atomic E-state index is 0.698. The van der Waals surface area contributed by atoms with Crippen molar-refractivity contribution < 1.29 is 0 Å². The molecule has 2 unspecified atom stereocenters. The van der Waals surface area contributed by atoms with Gasteiger partial charge in [0, 0.05) is 6.04 Å². The van der Waals surface area contributed by atoms with Crippen LogP contribution in [0.15, 0.2) is 0 Å². The van der Waals surface area contributed by atoms with Crippen molar-refractivity contribution in [3.05, 3.63) is 0 Å². The zero-order valence-electron chi connectivity index (χ0n) is 11.6. The molecule has 0 radical (unpaired) electrons. The van der Waals surface area contributed by atoms with Gasteiger partial charge in [-0.2, -0.15) is 0 Å². The summed E-state index contributed by atoms with van der Waals surface area (Å²) >= 11 is 0. The molecule has 2 atom stereocenters. The van der Waals surface area contributed by atoms with Crippen molar-refractivity contribution in [3.63, 3.8) is 0 Å². The Balaban J connectivity index is 3.98. The Labute approximate surface area is 97.0 Å². The van der Waals surface area contributed by atoms with E-state index in [0.717, 1.165) is 24.3 Å². The van der Waals surface area contributed by atoms with Gasteiger partial charge in [0.05, 0.1) is 0 Å². The predicted molar refractivity (Wildman–Crippen MR) is 70.2 cm³/mol. The molecule has 0 heterocycles. The highest BCUT2D eigenvalue weighted by molar-refractivity contribution is 4.76. The lowest BCUT2D eigenvalue weighted by molar-refractivity contribution is 0.274. The van der Waals surface area contributed by atoms with E-state index >= 15 is 0 Å². The highest BCUT2D eigenvalue weighted by atomic mass is 14.9. The molecule has 15 heavy (non-hydrogen) atoms. The van der Waals surface area contributed by atoms with E-state index < -0.39 is 0 Å². The van der Waals surface area contributed by atoms with Crippen LogP contribution in [0.3, 0.4) is 0 Å². The Kier molecular flexibility index (Phi) is 8.13. The Morgan fingerprint density at radius 1 is 0.933 bits per heavy atom. The van der Waals surface area contributed by atoms with Crippen LogP contribution in [0.2, 0.25) is 0 Å². The van der Waals surface area contributed by atoms with E-state index in [0.29, 0.717) is 6.04 Å². The number of nitrogens with one attached hydrogen (secondary N) is 1. The molecule has 0 aliphatic rings. The average molecular weight is 213 g/mol. The van der Waals surface area contributed by atoms with Gasteiger partial charge >= 0.3 is 0 Å². The topological polar surface area (TPSA) is 12.0 Å². The maximum Gasteiger partial charge on any atom is 0.0116 e. The summed E-state index contributed by atoms with van der Waals surface area (Å²) < 4.78 is 0. The molecule has 1 nitrogen and oxygen atoms in total. The minimum absolute atomic E-state index is 0.698. The molecule has 0 bridgehead atoms. The first-order valence-corrected chi connectivity index (χ1v) is 6.72. The van der Waals surface area contributed by atoms with Crippen LogP contribution in [-0.4, -0.2) is 12.6 Å². The third-order valence-electron chi connectivity index (χ3n) is 3.16. The molecule has 92 valence electrons. The Bertz CT molecular complexity index is 140. The number of rotatable bonds is 8. The van der Waals surface area contributed by atoms with Crippen LogP contribution >= 0.6 is 0 Å². The van der Waals surface area contributed by atoms with Gasteiger partial charge < -0.3 is 5.32 Å². The van der Waals surface area contributed by atoms with Crippen LogP contribution in [0.4, 0.5) is 0 Å². The van der Waals surface area contributed by atoms with Crippen LogP contribution in [0.25, 0.3) is 0 Å². The lowest BCUT2D eigenvalue weighted by Gasteiger charge is -2.29. The van der Waals surface area contributed by atoms with E-state index in [-0.39, 0.29) is 0 Å². The van der Waals surface area contributed by atoms with Crippen LogP contribution in [0.5, 0.6) is 0 Å². The molecule has 0 fully saturated rings. The molecule has 1 heteroatoms. The first-order chi connectivity index (χ1) is 6.99. The molecule has 0 aromatic heterocycles. The quantitative estimate of drug-likeness (QED) is 0.640. The lowest BCUT2D eigenvalue weighted by Crippen LogP contribution is -2.39. The summed E-state index contributed by atoms with van der Waals surface area (Å²) in [5.41, 5.74) is 0. The summed E-state index contributed by atoms with van der Waals surface area (Å²) in [6.45, 7) is 15.1. The molecule has 0 aromatic carbocycles. The normalized spacial score (nSPS) is 16.0. The van der Waals surface area contributed by atoms with Crippen molar-refractivity contribution in [2.75, 3.05) is 6.54 Å². The largest absolute Gasteiger partial charge is 0.313 e. The summed E-state index contributed by atoms with van der Waals surface area (Å²) in [6.07, 6.45) is 3.95. The Morgan fingerprint density at radius 3 is 1.93 bits per heavy atom. The van der Waals surface area contributed by atoms with Gasteiger partial charge in [-0.25, -0.2) is 0 Å². The first-order valence-electron chi connectivity index (χ1n) is 6.72. The van der Waals surface area contributed by atoms with Gasteiger partial charge in [0.2, 0.25) is 0 Å². The second-order valence-corrected chi connectivity index (χ2v) is 5.67. The van der Waals surface area contributed by atoms with Gasteiger partial charge in [0.15, 0.2) is 0 Å². The summed E-state index contributed by atoms with van der Waals surface area (Å²) in [5, 5.41) is 3.69. The molecule has 0 saturated carbocycles. The maximum atomic E-state index is 3.69. The van der Waals surface area contributed by atoms with Crippen molar-refractivity contribution in [3.8, 4) is 0 Å². The summed E-state index contributed by atoms with van der Waals surface area (Å²) in [6, 6.07) is 0.698. The second-order valence-electron chi connectivity index (χ2n) is 5.67. The Morgan fingerprint density at radius 2 is 1.53 bits per heavy atom. The minimum Gasteiger partial charge on any atom is -0.313 e. The molecule has 1 N–H and O–H groups in total. The number of hydrogen-bond acceptors (Lipinski definition) is 1. The van der Waals surface area contributed by atoms with Gasteiger partial charge in [-0.15, -0.1) is 0 Å². The van der Waals surface area contributed by atoms with E-state index in [4.69, 9.17) is 0 Å². The van der Waals surface area contributed by atoms with E-state index in [9.17, 15) is 0 Å². The summed E-state index contributed by atoms with van der Waals surface area (Å²) in [4.78, 5) is 0. The molecule has 0 rings (SSSR count). The molecular formula is C14H31N. The Hall–Kier alpha value is -0.0400. The summed E-state index contributed by atoms with van der Waals surface area (Å²) in [7, 11) is 0. The zero-order chi connectivity index (χ0) is 11.8. The van der Waals surface area contributed by atoms with Crippen molar-refractivity contribution >= 4 is 0 Å². The standard InChI is InChI=1S/C14H31N/c1-7-10-15-14(12(4)5)13(6)9-8-11(2)3/h11-15H,7-10H2,1-6H3. The van der Waals surface area contributed by atoms with Gasteiger partial charge in [-0.05, 0) is 37.1 Å². The van der Waals surface area contributed by atoms with E-state index in [1.165, 1.54) is 19.3 Å². The maximum absolute atomic E-state index is 3.69. The van der Waals surface area contributed by atoms with Gasteiger partial charge in [-0.3, -0.25) is 0 Å². The lowest BCUT2D eigenvalue weighted by atomic mass is 9.87. The van der Waals surface area contributed by atoms with Crippen LogP contribution in [0, 0.1) is 17.8 Å². The molecule has 0 aromatic rings. The molecule has 0 spiro atoms. The van der Waals surface area contributed by atoms with Crippen LogP contribution in [-0.2, 0) is 0 Å². The fourth-order valence-electron chi connectivity index (χ4n) is 2.18. The van der Waals surface area contributed by atoms with Crippen molar-refractivity contribution in [1.82, 2.24) is 5.32 Å². The van der Waals surface area contributed by atoms with Crippen molar-refractivity contribution in [2.45, 2.75) is 66.8 Å². The fraction of sp³-hybridized carbons (Fsp3) is 1.00. The van der Waals surface area contributed by atoms with Crippen molar-refractivity contribution in [2.24, 2.45) is 17.8 Å². The highest BCUT2D eigenvalue weighted by Gasteiger charge is 2.19. The molecular weight excluding hydrogens is 182 g/mol. The van der Waals surface area contributed by atoms with Gasteiger partial charge in [0.1, 0.15) is 0 Å². The molecule has 0 saturated heterocycles. The fourth-order valence-corrected chi connectivity index (χ4v) is 2.18. The van der Waals surface area contributed by atoms with Gasteiger partial charge in [0.25, 0.3) is 0 Å². The SMILES string of the molecule is CCCNC(C(C)C)C(C)CCC(C)C. The molecule has 0 aliphatic carbocycles.